The Labute approximate surface area is 95.8 Å². The summed E-state index contributed by atoms with van der Waals surface area (Å²) < 4.78 is 5.49. The second kappa shape index (κ2) is 4.96. The van der Waals surface area contributed by atoms with Gasteiger partial charge in [0.05, 0.1) is 18.5 Å². The molecule has 0 radical (unpaired) electrons. The van der Waals surface area contributed by atoms with Crippen molar-refractivity contribution < 1.29 is 4.74 Å². The lowest BCUT2D eigenvalue weighted by molar-refractivity contribution is 0.232. The first-order valence-corrected chi connectivity index (χ1v) is 5.64. The fourth-order valence-electron chi connectivity index (χ4n) is 1.66. The predicted molar refractivity (Wildman–Crippen MR) is 63.6 cm³/mol. The van der Waals surface area contributed by atoms with Crippen LogP contribution >= 0.6 is 0 Å². The molecule has 1 aromatic heterocycles. The second-order valence-corrected chi connectivity index (χ2v) is 4.19. The first-order chi connectivity index (χ1) is 7.74. The summed E-state index contributed by atoms with van der Waals surface area (Å²) in [4.78, 5) is 8.46. The molecule has 4 heteroatoms. The van der Waals surface area contributed by atoms with Gasteiger partial charge in [0, 0.05) is 6.04 Å². The average molecular weight is 219 g/mol. The molecule has 0 unspecified atom stereocenters. The number of aromatic nitrogens is 2. The van der Waals surface area contributed by atoms with Crippen molar-refractivity contribution in [3.05, 3.63) is 24.5 Å². The molecule has 1 N–H and O–H groups in total. The van der Waals surface area contributed by atoms with Gasteiger partial charge in [0.1, 0.15) is 5.82 Å². The van der Waals surface area contributed by atoms with Crippen LogP contribution in [0.25, 0.3) is 0 Å². The SMILES string of the molecule is CC(C)Oc1cncc(NC2CC=CC2)n1. The van der Waals surface area contributed by atoms with Gasteiger partial charge in [0.25, 0.3) is 0 Å². The number of nitrogens with one attached hydrogen (secondary N) is 1. The van der Waals surface area contributed by atoms with Crippen molar-refractivity contribution in [1.29, 1.82) is 0 Å². The molecule has 1 aromatic rings. The van der Waals surface area contributed by atoms with Gasteiger partial charge in [-0.3, -0.25) is 4.98 Å². The third kappa shape index (κ3) is 2.95. The van der Waals surface area contributed by atoms with Gasteiger partial charge >= 0.3 is 0 Å². The number of anilines is 1. The standard InChI is InChI=1S/C12H17N3O/c1-9(2)16-12-8-13-7-11(15-12)14-10-5-3-4-6-10/h3-4,7-10H,5-6H2,1-2H3,(H,14,15). The molecule has 2 rings (SSSR count). The van der Waals surface area contributed by atoms with Crippen molar-refractivity contribution in [2.45, 2.75) is 38.8 Å². The Kier molecular flexibility index (Phi) is 3.39. The molecule has 0 amide bonds. The van der Waals surface area contributed by atoms with Gasteiger partial charge < -0.3 is 10.1 Å². The fraction of sp³-hybridized carbons (Fsp3) is 0.500. The van der Waals surface area contributed by atoms with E-state index in [-0.39, 0.29) is 6.10 Å². The van der Waals surface area contributed by atoms with E-state index in [4.69, 9.17) is 4.74 Å². The van der Waals surface area contributed by atoms with Crippen LogP contribution in [0.4, 0.5) is 5.82 Å². The van der Waals surface area contributed by atoms with Crippen molar-refractivity contribution in [2.75, 3.05) is 5.32 Å². The summed E-state index contributed by atoms with van der Waals surface area (Å²) in [5.74, 6) is 1.36. The number of rotatable bonds is 4. The molecule has 0 bridgehead atoms. The smallest absolute Gasteiger partial charge is 0.234 e. The number of hydrogen-bond acceptors (Lipinski definition) is 4. The molecule has 4 nitrogen and oxygen atoms in total. The van der Waals surface area contributed by atoms with Crippen molar-refractivity contribution in [3.8, 4) is 5.88 Å². The minimum atomic E-state index is 0.123. The first kappa shape index (κ1) is 10.9. The van der Waals surface area contributed by atoms with Crippen LogP contribution in [0.2, 0.25) is 0 Å². The summed E-state index contributed by atoms with van der Waals surface area (Å²) in [6.45, 7) is 3.95. The maximum absolute atomic E-state index is 5.49. The molecular formula is C12H17N3O. The number of ether oxygens (including phenoxy) is 1. The zero-order valence-corrected chi connectivity index (χ0v) is 9.68. The van der Waals surface area contributed by atoms with E-state index in [2.05, 4.69) is 27.4 Å². The van der Waals surface area contributed by atoms with Gasteiger partial charge in [-0.1, -0.05) is 12.2 Å². The van der Waals surface area contributed by atoms with Crippen LogP contribution in [-0.2, 0) is 0 Å². The van der Waals surface area contributed by atoms with Crippen LogP contribution in [0, 0.1) is 0 Å². The average Bonchev–Trinajstić information content (AvgIpc) is 2.70. The Bertz CT molecular complexity index is 368. The molecular weight excluding hydrogens is 202 g/mol. The van der Waals surface area contributed by atoms with Crippen LogP contribution in [-0.4, -0.2) is 22.1 Å². The minimum Gasteiger partial charge on any atom is -0.474 e. The van der Waals surface area contributed by atoms with Crippen molar-refractivity contribution in [3.63, 3.8) is 0 Å². The van der Waals surface area contributed by atoms with E-state index in [1.165, 1.54) is 0 Å². The summed E-state index contributed by atoms with van der Waals surface area (Å²) in [7, 11) is 0. The van der Waals surface area contributed by atoms with Crippen LogP contribution in [0.1, 0.15) is 26.7 Å². The monoisotopic (exact) mass is 219 g/mol. The van der Waals surface area contributed by atoms with E-state index in [0.717, 1.165) is 18.7 Å². The number of hydrogen-bond donors (Lipinski definition) is 1. The fourth-order valence-corrected chi connectivity index (χ4v) is 1.66. The molecule has 0 fully saturated rings. The quantitative estimate of drug-likeness (QED) is 0.790. The molecule has 0 saturated carbocycles. The lowest BCUT2D eigenvalue weighted by atomic mass is 10.2. The van der Waals surface area contributed by atoms with E-state index in [1.54, 1.807) is 12.4 Å². The van der Waals surface area contributed by atoms with Crippen molar-refractivity contribution in [1.82, 2.24) is 9.97 Å². The number of nitrogens with zero attached hydrogens (tertiary/aromatic N) is 2. The summed E-state index contributed by atoms with van der Waals surface area (Å²) in [6.07, 6.45) is 9.95. The van der Waals surface area contributed by atoms with Gasteiger partial charge in [-0.25, -0.2) is 0 Å². The van der Waals surface area contributed by atoms with Crippen molar-refractivity contribution in [2.24, 2.45) is 0 Å². The lowest BCUT2D eigenvalue weighted by Gasteiger charge is -2.14. The summed E-state index contributed by atoms with van der Waals surface area (Å²) >= 11 is 0. The van der Waals surface area contributed by atoms with E-state index in [1.807, 2.05) is 13.8 Å². The molecule has 0 aromatic carbocycles. The van der Waals surface area contributed by atoms with E-state index in [0.29, 0.717) is 11.9 Å². The lowest BCUT2D eigenvalue weighted by Crippen LogP contribution is -2.16. The van der Waals surface area contributed by atoms with E-state index < -0.39 is 0 Å². The summed E-state index contributed by atoms with van der Waals surface area (Å²) in [5.41, 5.74) is 0. The van der Waals surface area contributed by atoms with Crippen molar-refractivity contribution >= 4 is 5.82 Å². The molecule has 0 spiro atoms. The highest BCUT2D eigenvalue weighted by molar-refractivity contribution is 5.35. The van der Waals surface area contributed by atoms with Crippen LogP contribution in [0.3, 0.4) is 0 Å². The van der Waals surface area contributed by atoms with Crippen LogP contribution in [0.15, 0.2) is 24.5 Å². The van der Waals surface area contributed by atoms with Crippen LogP contribution in [0.5, 0.6) is 5.88 Å². The Hall–Kier alpha value is -1.58. The Morgan fingerprint density at radius 2 is 2.06 bits per heavy atom. The molecule has 1 aliphatic carbocycles. The maximum atomic E-state index is 5.49. The second-order valence-electron chi connectivity index (χ2n) is 4.19. The zero-order chi connectivity index (χ0) is 11.4. The largest absolute Gasteiger partial charge is 0.474 e. The van der Waals surface area contributed by atoms with E-state index >= 15 is 0 Å². The highest BCUT2D eigenvalue weighted by Gasteiger charge is 2.11. The molecule has 0 saturated heterocycles. The third-order valence-electron chi connectivity index (χ3n) is 2.33. The molecule has 1 aliphatic rings. The summed E-state index contributed by atoms with van der Waals surface area (Å²) in [6, 6.07) is 0.448. The Balaban J connectivity index is 1.98. The van der Waals surface area contributed by atoms with Crippen LogP contribution < -0.4 is 10.1 Å². The third-order valence-corrected chi connectivity index (χ3v) is 2.33. The topological polar surface area (TPSA) is 47.0 Å². The highest BCUT2D eigenvalue weighted by Crippen LogP contribution is 2.16. The minimum absolute atomic E-state index is 0.123. The van der Waals surface area contributed by atoms with Gasteiger partial charge in [-0.15, -0.1) is 0 Å². The first-order valence-electron chi connectivity index (χ1n) is 5.64. The molecule has 86 valence electrons. The molecule has 16 heavy (non-hydrogen) atoms. The van der Waals surface area contributed by atoms with Gasteiger partial charge in [-0.2, -0.15) is 4.98 Å². The summed E-state index contributed by atoms with van der Waals surface area (Å²) in [5, 5.41) is 3.34. The molecule has 0 atom stereocenters. The normalized spacial score (nSPS) is 15.7. The van der Waals surface area contributed by atoms with Gasteiger partial charge in [0.15, 0.2) is 0 Å². The molecule has 1 heterocycles. The Morgan fingerprint density at radius 1 is 1.31 bits per heavy atom. The predicted octanol–water partition coefficient (Wildman–Crippen LogP) is 2.39. The maximum Gasteiger partial charge on any atom is 0.234 e. The van der Waals surface area contributed by atoms with E-state index in [9.17, 15) is 0 Å². The zero-order valence-electron chi connectivity index (χ0n) is 9.68. The molecule has 0 aliphatic heterocycles. The Morgan fingerprint density at radius 3 is 2.75 bits per heavy atom. The van der Waals surface area contributed by atoms with Gasteiger partial charge in [-0.05, 0) is 26.7 Å². The highest BCUT2D eigenvalue weighted by atomic mass is 16.5. The van der Waals surface area contributed by atoms with Gasteiger partial charge in [0.2, 0.25) is 5.88 Å².